The minimum Gasteiger partial charge on any atom is -0.493 e. The molecule has 1 aliphatic rings. The largest absolute Gasteiger partial charge is 0.493 e. The van der Waals surface area contributed by atoms with Gasteiger partial charge in [0.25, 0.3) is 0 Å². The first-order chi connectivity index (χ1) is 12.0. The average Bonchev–Trinajstić information content (AvgIpc) is 3.07. The van der Waals surface area contributed by atoms with Crippen LogP contribution in [-0.4, -0.2) is 27.6 Å². The molecule has 134 valence electrons. The Kier molecular flexibility index (Phi) is 5.45. The third kappa shape index (κ3) is 4.87. The van der Waals surface area contributed by atoms with Crippen LogP contribution in [-0.2, 0) is 10.0 Å². The predicted molar refractivity (Wildman–Crippen MR) is 94.5 cm³/mol. The van der Waals surface area contributed by atoms with Crippen LogP contribution in [0.15, 0.2) is 48.5 Å². The van der Waals surface area contributed by atoms with Crippen molar-refractivity contribution in [2.45, 2.75) is 19.4 Å². The molecule has 0 spiro atoms. The maximum absolute atomic E-state index is 12.2. The van der Waals surface area contributed by atoms with E-state index in [1.807, 2.05) is 37.3 Å². The number of sulfonamides is 1. The maximum Gasteiger partial charge on any atom is 0.231 e. The van der Waals surface area contributed by atoms with Gasteiger partial charge in [-0.2, -0.15) is 0 Å². The summed E-state index contributed by atoms with van der Waals surface area (Å²) in [5, 5.41) is 0. The van der Waals surface area contributed by atoms with E-state index in [9.17, 15) is 8.42 Å². The zero-order valence-electron chi connectivity index (χ0n) is 14.0. The summed E-state index contributed by atoms with van der Waals surface area (Å²) in [5.74, 6) is 1.97. The van der Waals surface area contributed by atoms with Crippen molar-refractivity contribution in [2.75, 3.05) is 19.2 Å². The Morgan fingerprint density at radius 3 is 2.68 bits per heavy atom. The van der Waals surface area contributed by atoms with Crippen molar-refractivity contribution in [3.8, 4) is 17.2 Å². The molecule has 0 unspecified atom stereocenters. The molecule has 1 N–H and O–H groups in total. The lowest BCUT2D eigenvalue weighted by Crippen LogP contribution is -2.29. The lowest BCUT2D eigenvalue weighted by Gasteiger charge is -2.14. The van der Waals surface area contributed by atoms with Crippen LogP contribution in [0, 0.1) is 0 Å². The van der Waals surface area contributed by atoms with Crippen LogP contribution in [0.2, 0.25) is 0 Å². The van der Waals surface area contributed by atoms with Crippen LogP contribution in [0.1, 0.15) is 24.9 Å². The number of nitrogens with one attached hydrogen (secondary N) is 1. The normalized spacial score (nSPS) is 14.3. The molecule has 1 heterocycles. The molecular weight excluding hydrogens is 342 g/mol. The lowest BCUT2D eigenvalue weighted by atomic mass is 10.1. The number of benzene rings is 2. The first-order valence-corrected chi connectivity index (χ1v) is 9.76. The van der Waals surface area contributed by atoms with Crippen molar-refractivity contribution in [3.63, 3.8) is 0 Å². The quantitative estimate of drug-likeness (QED) is 0.730. The van der Waals surface area contributed by atoms with Gasteiger partial charge >= 0.3 is 0 Å². The highest BCUT2D eigenvalue weighted by Gasteiger charge is 2.16. The van der Waals surface area contributed by atoms with Crippen LogP contribution in [0.4, 0.5) is 0 Å². The molecule has 0 saturated carbocycles. The number of hydrogen-bond acceptors (Lipinski definition) is 5. The monoisotopic (exact) mass is 363 g/mol. The summed E-state index contributed by atoms with van der Waals surface area (Å²) in [6, 6.07) is 14.5. The van der Waals surface area contributed by atoms with E-state index in [0.717, 1.165) is 5.56 Å². The molecule has 6 nitrogen and oxygen atoms in total. The second kappa shape index (κ2) is 7.76. The van der Waals surface area contributed by atoms with E-state index in [-0.39, 0.29) is 18.6 Å². The van der Waals surface area contributed by atoms with Crippen molar-refractivity contribution in [3.05, 3.63) is 54.1 Å². The minimum atomic E-state index is -3.37. The zero-order chi connectivity index (χ0) is 17.7. The summed E-state index contributed by atoms with van der Waals surface area (Å²) in [7, 11) is -3.37. The Morgan fingerprint density at radius 1 is 1.12 bits per heavy atom. The third-order valence-corrected chi connectivity index (χ3v) is 5.36. The van der Waals surface area contributed by atoms with Crippen LogP contribution >= 0.6 is 0 Å². The summed E-state index contributed by atoms with van der Waals surface area (Å²) in [5.41, 5.74) is 0.933. The zero-order valence-corrected chi connectivity index (χ0v) is 14.8. The van der Waals surface area contributed by atoms with Gasteiger partial charge in [-0.3, -0.25) is 0 Å². The summed E-state index contributed by atoms with van der Waals surface area (Å²) in [6.07, 6.45) is 0.394. The summed E-state index contributed by atoms with van der Waals surface area (Å²) in [4.78, 5) is 0. The summed E-state index contributed by atoms with van der Waals surface area (Å²) < 4.78 is 43.1. The van der Waals surface area contributed by atoms with Crippen LogP contribution < -0.4 is 18.9 Å². The fourth-order valence-corrected chi connectivity index (χ4v) is 3.83. The SMILES string of the molecule is C[C@H](NS(=O)(=O)CCCOc1ccc2c(c1)OCO2)c1ccccc1. The van der Waals surface area contributed by atoms with Gasteiger partial charge < -0.3 is 14.2 Å². The highest BCUT2D eigenvalue weighted by atomic mass is 32.2. The van der Waals surface area contributed by atoms with Gasteiger partial charge in [-0.25, -0.2) is 13.1 Å². The van der Waals surface area contributed by atoms with Gasteiger partial charge in [0.2, 0.25) is 16.8 Å². The lowest BCUT2D eigenvalue weighted by molar-refractivity contribution is 0.173. The number of ether oxygens (including phenoxy) is 3. The first kappa shape index (κ1) is 17.6. The molecular formula is C18H21NO5S. The molecule has 1 atom stereocenters. The molecule has 0 saturated heterocycles. The molecule has 1 aliphatic heterocycles. The molecule has 2 aromatic rings. The van der Waals surface area contributed by atoms with Gasteiger partial charge in [0.05, 0.1) is 12.4 Å². The summed E-state index contributed by atoms with van der Waals surface area (Å²) in [6.45, 7) is 2.35. The van der Waals surface area contributed by atoms with Crippen LogP contribution in [0.3, 0.4) is 0 Å². The van der Waals surface area contributed by atoms with E-state index in [1.54, 1.807) is 18.2 Å². The van der Waals surface area contributed by atoms with E-state index in [1.165, 1.54) is 0 Å². The first-order valence-electron chi connectivity index (χ1n) is 8.11. The highest BCUT2D eigenvalue weighted by Crippen LogP contribution is 2.35. The predicted octanol–water partition coefficient (Wildman–Crippen LogP) is 2.86. The van der Waals surface area contributed by atoms with Gasteiger partial charge in [-0.05, 0) is 31.0 Å². The maximum atomic E-state index is 12.2. The van der Waals surface area contributed by atoms with Gasteiger partial charge in [0.1, 0.15) is 5.75 Å². The van der Waals surface area contributed by atoms with E-state index >= 15 is 0 Å². The van der Waals surface area contributed by atoms with Crippen molar-refractivity contribution in [2.24, 2.45) is 0 Å². The topological polar surface area (TPSA) is 73.9 Å². The Hall–Kier alpha value is -2.25. The molecule has 0 amide bonds. The second-order valence-electron chi connectivity index (χ2n) is 5.79. The van der Waals surface area contributed by atoms with E-state index in [0.29, 0.717) is 30.3 Å². The fourth-order valence-electron chi connectivity index (χ4n) is 2.54. The summed E-state index contributed by atoms with van der Waals surface area (Å²) >= 11 is 0. The van der Waals surface area contributed by atoms with E-state index < -0.39 is 10.0 Å². The molecule has 0 fully saturated rings. The highest BCUT2D eigenvalue weighted by molar-refractivity contribution is 7.89. The number of fused-ring (bicyclic) bond motifs is 1. The van der Waals surface area contributed by atoms with Crippen LogP contribution in [0.5, 0.6) is 17.2 Å². The van der Waals surface area contributed by atoms with Crippen molar-refractivity contribution < 1.29 is 22.6 Å². The number of hydrogen-bond donors (Lipinski definition) is 1. The fraction of sp³-hybridized carbons (Fsp3) is 0.333. The van der Waals surface area contributed by atoms with Gasteiger partial charge in [-0.1, -0.05) is 30.3 Å². The minimum absolute atomic E-state index is 0.00866. The molecule has 0 bridgehead atoms. The van der Waals surface area contributed by atoms with E-state index in [4.69, 9.17) is 14.2 Å². The standard InChI is InChI=1S/C18H21NO5S/c1-14(15-6-3-2-4-7-15)19-25(20,21)11-5-10-22-16-8-9-17-18(12-16)24-13-23-17/h2-4,6-9,12,14,19H,5,10-11,13H2,1H3/t14-/m0/s1. The Balaban J connectivity index is 1.45. The van der Waals surface area contributed by atoms with Gasteiger partial charge in [0, 0.05) is 12.1 Å². The molecule has 7 heteroatoms. The van der Waals surface area contributed by atoms with Crippen molar-refractivity contribution >= 4 is 10.0 Å². The Labute approximate surface area is 147 Å². The molecule has 25 heavy (non-hydrogen) atoms. The molecule has 0 aromatic heterocycles. The van der Waals surface area contributed by atoms with Gasteiger partial charge in [0.15, 0.2) is 11.5 Å². The smallest absolute Gasteiger partial charge is 0.231 e. The molecule has 0 aliphatic carbocycles. The average molecular weight is 363 g/mol. The van der Waals surface area contributed by atoms with Crippen molar-refractivity contribution in [1.29, 1.82) is 0 Å². The molecule has 0 radical (unpaired) electrons. The van der Waals surface area contributed by atoms with E-state index in [2.05, 4.69) is 4.72 Å². The molecule has 2 aromatic carbocycles. The Bertz CT molecular complexity index is 807. The second-order valence-corrected chi connectivity index (χ2v) is 7.66. The third-order valence-electron chi connectivity index (χ3n) is 3.83. The van der Waals surface area contributed by atoms with Crippen LogP contribution in [0.25, 0.3) is 0 Å². The van der Waals surface area contributed by atoms with Crippen molar-refractivity contribution in [1.82, 2.24) is 4.72 Å². The van der Waals surface area contributed by atoms with Gasteiger partial charge in [-0.15, -0.1) is 0 Å². The number of rotatable bonds is 8. The Morgan fingerprint density at radius 2 is 1.88 bits per heavy atom. The molecule has 3 rings (SSSR count).